The minimum atomic E-state index is -0.516. The van der Waals surface area contributed by atoms with Crippen LogP contribution in [0.1, 0.15) is 12.0 Å². The van der Waals surface area contributed by atoms with Crippen LogP contribution in [0.4, 0.5) is 5.69 Å². The Kier molecular flexibility index (Phi) is 7.23. The first-order valence-corrected chi connectivity index (χ1v) is 8.07. The summed E-state index contributed by atoms with van der Waals surface area (Å²) in [5.41, 5.74) is 2.15. The topological polar surface area (TPSA) is 85.0 Å². The quantitative estimate of drug-likeness (QED) is 0.269. The van der Waals surface area contributed by atoms with Crippen molar-refractivity contribution in [3.05, 3.63) is 106 Å². The predicted molar refractivity (Wildman–Crippen MR) is 99.1 cm³/mol. The van der Waals surface area contributed by atoms with Crippen molar-refractivity contribution in [1.29, 1.82) is 0 Å². The third-order valence-corrected chi connectivity index (χ3v) is 3.90. The van der Waals surface area contributed by atoms with E-state index in [0.717, 1.165) is 5.56 Å². The number of aliphatic hydroxyl groups excluding tert-OH is 1. The number of rotatable bonds is 3. The molecule has 0 saturated heterocycles. The molecule has 1 atom stereocenters. The summed E-state index contributed by atoms with van der Waals surface area (Å²) in [5, 5.41) is 24.7. The van der Waals surface area contributed by atoms with Gasteiger partial charge in [0.05, 0.1) is 10.6 Å². The first kappa shape index (κ1) is 20.3. The number of hydrogen-bond acceptors (Lipinski definition) is 5. The molecule has 1 heterocycles. The van der Waals surface area contributed by atoms with E-state index in [4.69, 9.17) is 4.84 Å². The number of oxime groups is 1. The van der Waals surface area contributed by atoms with Crippen LogP contribution < -0.4 is 0 Å². The van der Waals surface area contributed by atoms with Crippen molar-refractivity contribution >= 4 is 11.4 Å². The molecular formula is C20H17FeN2O4-. The van der Waals surface area contributed by atoms with Crippen molar-refractivity contribution in [2.75, 3.05) is 0 Å². The molecule has 140 valence electrons. The standard InChI is InChI=1S/C15H12N2O4.C5H5.Fe/c18-15(11-3-1-2-4-11)14-9-13(16-21-14)10-5-7-12(8-6-10)17(19)20;1-2-4-5-3-1;/h1-8,14,18H,9H2;1-5H;/q;-1;. The zero-order valence-corrected chi connectivity index (χ0v) is 15.3. The molecule has 2 aliphatic rings. The van der Waals surface area contributed by atoms with E-state index in [2.05, 4.69) is 5.16 Å². The Labute approximate surface area is 167 Å². The van der Waals surface area contributed by atoms with Crippen LogP contribution in [-0.4, -0.2) is 21.8 Å². The Balaban J connectivity index is 0.000000379. The largest absolute Gasteiger partial charge is 0.508 e. The van der Waals surface area contributed by atoms with Crippen molar-refractivity contribution in [2.24, 2.45) is 5.16 Å². The second-order valence-electron chi connectivity index (χ2n) is 5.66. The summed E-state index contributed by atoms with van der Waals surface area (Å²) >= 11 is 0. The molecule has 4 rings (SSSR count). The van der Waals surface area contributed by atoms with E-state index in [9.17, 15) is 15.2 Å². The summed E-state index contributed by atoms with van der Waals surface area (Å²) in [6.45, 7) is 0. The summed E-state index contributed by atoms with van der Waals surface area (Å²) in [7, 11) is 0. The summed E-state index contributed by atoms with van der Waals surface area (Å²) in [6.07, 6.45) is 7.16. The smallest absolute Gasteiger partial charge is 0.269 e. The molecule has 0 aromatic heterocycles. The van der Waals surface area contributed by atoms with Gasteiger partial charge in [0.25, 0.3) is 5.69 Å². The Morgan fingerprint density at radius 3 is 2.33 bits per heavy atom. The van der Waals surface area contributed by atoms with Gasteiger partial charge in [-0.25, -0.2) is 12.1 Å². The maximum absolute atomic E-state index is 10.6. The fourth-order valence-corrected chi connectivity index (χ4v) is 2.52. The van der Waals surface area contributed by atoms with Gasteiger partial charge in [-0.05, 0) is 17.7 Å². The summed E-state index contributed by atoms with van der Waals surface area (Å²) in [6, 6.07) is 16.1. The van der Waals surface area contributed by atoms with Gasteiger partial charge in [0.1, 0.15) is 5.76 Å². The van der Waals surface area contributed by atoms with Gasteiger partial charge < -0.3 is 9.94 Å². The van der Waals surface area contributed by atoms with E-state index in [1.165, 1.54) is 12.1 Å². The average molecular weight is 405 g/mol. The first-order valence-electron chi connectivity index (χ1n) is 8.07. The molecular weight excluding hydrogens is 388 g/mol. The number of aliphatic hydroxyl groups is 1. The summed E-state index contributed by atoms with van der Waals surface area (Å²) < 4.78 is 0. The van der Waals surface area contributed by atoms with Crippen LogP contribution in [0.25, 0.3) is 0 Å². The monoisotopic (exact) mass is 405 g/mol. The normalized spacial score (nSPS) is 16.7. The molecule has 2 aromatic carbocycles. The number of allylic oxidation sites excluding steroid dienone is 5. The van der Waals surface area contributed by atoms with Crippen molar-refractivity contribution in [3.8, 4) is 0 Å². The van der Waals surface area contributed by atoms with Crippen LogP contribution in [0, 0.1) is 10.1 Å². The number of non-ortho nitro benzene ring substituents is 1. The molecule has 0 spiro atoms. The molecule has 1 aliphatic carbocycles. The molecule has 7 heteroatoms. The van der Waals surface area contributed by atoms with Crippen LogP contribution in [0.3, 0.4) is 0 Å². The molecule has 0 bridgehead atoms. The van der Waals surface area contributed by atoms with E-state index >= 15 is 0 Å². The Bertz CT molecular complexity index is 850. The van der Waals surface area contributed by atoms with Gasteiger partial charge in [0.2, 0.25) is 0 Å². The van der Waals surface area contributed by atoms with Gasteiger partial charge in [-0.15, -0.1) is 0 Å². The SMILES string of the molecule is O=[N+]([O-])c1ccc(C2=NOC(C(O)=C3C=CC=C3)C2)cc1.[Fe].c1cc[cH-]c1. The van der Waals surface area contributed by atoms with Gasteiger partial charge >= 0.3 is 0 Å². The number of benzene rings is 1. The van der Waals surface area contributed by atoms with Crippen LogP contribution in [0.5, 0.6) is 0 Å². The number of nitro benzene ring substituents is 1. The molecule has 0 saturated carbocycles. The minimum Gasteiger partial charge on any atom is -0.508 e. The number of nitrogens with zero attached hydrogens (tertiary/aromatic N) is 2. The molecule has 6 nitrogen and oxygen atoms in total. The van der Waals surface area contributed by atoms with E-state index in [-0.39, 0.29) is 28.5 Å². The molecule has 1 N–H and O–H groups in total. The molecule has 1 unspecified atom stereocenters. The fraction of sp³-hybridized carbons (Fsp3) is 0.100. The third kappa shape index (κ3) is 5.23. The summed E-state index contributed by atoms with van der Waals surface area (Å²) in [4.78, 5) is 15.4. The zero-order valence-electron chi connectivity index (χ0n) is 14.2. The molecule has 0 fully saturated rings. The maximum atomic E-state index is 10.6. The molecule has 2 aromatic rings. The number of hydrogen-bond donors (Lipinski definition) is 1. The van der Waals surface area contributed by atoms with E-state index in [0.29, 0.717) is 17.7 Å². The zero-order chi connectivity index (χ0) is 18.4. The van der Waals surface area contributed by atoms with Crippen molar-refractivity contribution < 1.29 is 31.9 Å². The first-order chi connectivity index (χ1) is 12.6. The van der Waals surface area contributed by atoms with Gasteiger partial charge in [0.15, 0.2) is 6.10 Å². The van der Waals surface area contributed by atoms with Crippen LogP contribution >= 0.6 is 0 Å². The van der Waals surface area contributed by atoms with Crippen molar-refractivity contribution in [2.45, 2.75) is 12.5 Å². The van der Waals surface area contributed by atoms with Crippen LogP contribution in [0.2, 0.25) is 0 Å². The second-order valence-corrected chi connectivity index (χ2v) is 5.66. The summed E-state index contributed by atoms with van der Waals surface area (Å²) in [5.74, 6) is 0.140. The van der Waals surface area contributed by atoms with E-state index in [1.807, 2.05) is 42.5 Å². The van der Waals surface area contributed by atoms with Gasteiger partial charge in [-0.1, -0.05) is 29.5 Å². The molecule has 0 amide bonds. The third-order valence-electron chi connectivity index (χ3n) is 3.90. The maximum Gasteiger partial charge on any atom is 0.269 e. The van der Waals surface area contributed by atoms with E-state index in [1.54, 1.807) is 24.3 Å². The van der Waals surface area contributed by atoms with Crippen molar-refractivity contribution in [1.82, 2.24) is 0 Å². The number of nitro groups is 1. The average Bonchev–Trinajstić information content (AvgIpc) is 3.45. The molecule has 0 radical (unpaired) electrons. The van der Waals surface area contributed by atoms with Crippen LogP contribution in [0.15, 0.2) is 95.4 Å². The Morgan fingerprint density at radius 1 is 1.19 bits per heavy atom. The molecule has 27 heavy (non-hydrogen) atoms. The fourth-order valence-electron chi connectivity index (χ4n) is 2.52. The second kappa shape index (κ2) is 9.61. The van der Waals surface area contributed by atoms with Gasteiger partial charge in [-0.2, -0.15) is 18.2 Å². The predicted octanol–water partition coefficient (Wildman–Crippen LogP) is 4.43. The van der Waals surface area contributed by atoms with Crippen molar-refractivity contribution in [3.63, 3.8) is 0 Å². The van der Waals surface area contributed by atoms with E-state index < -0.39 is 11.0 Å². The van der Waals surface area contributed by atoms with Crippen LogP contribution in [-0.2, 0) is 21.9 Å². The Morgan fingerprint density at radius 2 is 1.81 bits per heavy atom. The molecule has 1 aliphatic heterocycles. The minimum absolute atomic E-state index is 0. The van der Waals surface area contributed by atoms with Gasteiger partial charge in [-0.3, -0.25) is 10.1 Å². The van der Waals surface area contributed by atoms with Gasteiger partial charge in [0, 0.05) is 41.2 Å². The Hall–Kier alpha value is -3.02.